The summed E-state index contributed by atoms with van der Waals surface area (Å²) in [5.74, 6) is 1.82. The number of ether oxygens (including phenoxy) is 1. The van der Waals surface area contributed by atoms with E-state index in [1.54, 1.807) is 0 Å². The van der Waals surface area contributed by atoms with E-state index >= 15 is 0 Å². The second-order valence-corrected chi connectivity index (χ2v) is 7.67. The third kappa shape index (κ3) is 3.41. The zero-order valence-electron chi connectivity index (χ0n) is 11.7. The maximum atomic E-state index is 6.24. The molecule has 0 amide bonds. The van der Waals surface area contributed by atoms with Crippen molar-refractivity contribution in [3.63, 3.8) is 0 Å². The fourth-order valence-corrected chi connectivity index (χ4v) is 4.11. The van der Waals surface area contributed by atoms with Gasteiger partial charge in [0.2, 0.25) is 0 Å². The maximum absolute atomic E-state index is 6.24. The maximum Gasteiger partial charge on any atom is 0.0583 e. The van der Waals surface area contributed by atoms with E-state index in [0.717, 1.165) is 18.3 Å². The Labute approximate surface area is 112 Å². The molecule has 2 fully saturated rings. The second-order valence-electron chi connectivity index (χ2n) is 7.36. The minimum absolute atomic E-state index is 0.425. The van der Waals surface area contributed by atoms with Crippen molar-refractivity contribution >= 4 is 12.6 Å². The quantitative estimate of drug-likeness (QED) is 0.737. The molecule has 17 heavy (non-hydrogen) atoms. The molecule has 0 aromatic heterocycles. The van der Waals surface area contributed by atoms with Crippen molar-refractivity contribution in [1.29, 1.82) is 0 Å². The van der Waals surface area contributed by atoms with Gasteiger partial charge in [-0.1, -0.05) is 27.2 Å². The van der Waals surface area contributed by atoms with Crippen LogP contribution >= 0.6 is 12.6 Å². The summed E-state index contributed by atoms with van der Waals surface area (Å²) >= 11 is 4.50. The molecule has 2 heteroatoms. The van der Waals surface area contributed by atoms with Crippen LogP contribution in [0, 0.1) is 16.7 Å². The molecule has 0 aliphatic heterocycles. The molecule has 0 bridgehead atoms. The fraction of sp³-hybridized carbons (Fsp3) is 1.00. The molecule has 2 aliphatic carbocycles. The van der Waals surface area contributed by atoms with Gasteiger partial charge in [-0.05, 0) is 49.2 Å². The van der Waals surface area contributed by atoms with Crippen LogP contribution in [-0.4, -0.2) is 18.5 Å². The fourth-order valence-electron chi connectivity index (χ4n) is 3.70. The molecule has 0 radical (unpaired) electrons. The molecule has 0 aromatic carbocycles. The van der Waals surface area contributed by atoms with Crippen molar-refractivity contribution < 1.29 is 4.74 Å². The van der Waals surface area contributed by atoms with Crippen molar-refractivity contribution in [2.45, 2.75) is 65.4 Å². The topological polar surface area (TPSA) is 9.23 Å². The number of thiol groups is 1. The van der Waals surface area contributed by atoms with E-state index in [9.17, 15) is 0 Å². The van der Waals surface area contributed by atoms with E-state index < -0.39 is 0 Å². The van der Waals surface area contributed by atoms with Crippen LogP contribution in [-0.2, 0) is 4.74 Å². The summed E-state index contributed by atoms with van der Waals surface area (Å²) in [7, 11) is 0. The van der Waals surface area contributed by atoms with Crippen molar-refractivity contribution in [2.24, 2.45) is 16.7 Å². The van der Waals surface area contributed by atoms with Gasteiger partial charge in [-0.2, -0.15) is 12.6 Å². The standard InChI is InChI=1S/C15H28OS/c1-12-7-13(9-14(2,3)8-12)16-10-15(11-17)5-4-6-15/h12-13,17H,4-11H2,1-3H3. The molecule has 0 heterocycles. The first kappa shape index (κ1) is 13.7. The van der Waals surface area contributed by atoms with Crippen LogP contribution in [0.25, 0.3) is 0 Å². The summed E-state index contributed by atoms with van der Waals surface area (Å²) in [6.45, 7) is 8.09. The molecule has 2 rings (SSSR count). The Bertz CT molecular complexity index is 252. The van der Waals surface area contributed by atoms with E-state index in [2.05, 4.69) is 33.4 Å². The summed E-state index contributed by atoms with van der Waals surface area (Å²) < 4.78 is 6.24. The Morgan fingerprint density at radius 1 is 1.24 bits per heavy atom. The monoisotopic (exact) mass is 256 g/mol. The Morgan fingerprint density at radius 2 is 1.94 bits per heavy atom. The number of rotatable bonds is 4. The molecule has 2 atom stereocenters. The average molecular weight is 256 g/mol. The molecule has 1 nitrogen and oxygen atoms in total. The van der Waals surface area contributed by atoms with Crippen LogP contribution in [0.2, 0.25) is 0 Å². The SMILES string of the molecule is CC1CC(OCC2(CS)CCC2)CC(C)(C)C1. The Kier molecular flexibility index (Phi) is 4.14. The van der Waals surface area contributed by atoms with Gasteiger partial charge in [-0.15, -0.1) is 0 Å². The van der Waals surface area contributed by atoms with Gasteiger partial charge in [0.15, 0.2) is 0 Å². The van der Waals surface area contributed by atoms with Crippen molar-refractivity contribution in [1.82, 2.24) is 0 Å². The van der Waals surface area contributed by atoms with E-state index in [1.807, 2.05) is 0 Å². The highest BCUT2D eigenvalue weighted by Crippen LogP contribution is 2.44. The predicted molar refractivity (Wildman–Crippen MR) is 76.7 cm³/mol. The van der Waals surface area contributed by atoms with Gasteiger partial charge >= 0.3 is 0 Å². The molecule has 0 spiro atoms. The zero-order valence-corrected chi connectivity index (χ0v) is 12.6. The Balaban J connectivity index is 1.82. The lowest BCUT2D eigenvalue weighted by molar-refractivity contribution is -0.0722. The first-order chi connectivity index (χ1) is 7.95. The number of hydrogen-bond donors (Lipinski definition) is 1. The molecular weight excluding hydrogens is 228 g/mol. The van der Waals surface area contributed by atoms with Gasteiger partial charge in [0.05, 0.1) is 12.7 Å². The van der Waals surface area contributed by atoms with Crippen molar-refractivity contribution in [3.8, 4) is 0 Å². The zero-order chi connectivity index (χ0) is 12.5. The summed E-state index contributed by atoms with van der Waals surface area (Å²) in [6, 6.07) is 0. The van der Waals surface area contributed by atoms with Gasteiger partial charge in [0.25, 0.3) is 0 Å². The van der Waals surface area contributed by atoms with Crippen LogP contribution < -0.4 is 0 Å². The first-order valence-corrected chi connectivity index (χ1v) is 7.80. The molecular formula is C15H28OS. The molecule has 100 valence electrons. The van der Waals surface area contributed by atoms with Crippen LogP contribution in [0.15, 0.2) is 0 Å². The molecule has 0 aromatic rings. The van der Waals surface area contributed by atoms with E-state index in [-0.39, 0.29) is 0 Å². The molecule has 2 unspecified atom stereocenters. The predicted octanol–water partition coefficient (Wildman–Crippen LogP) is 4.32. The van der Waals surface area contributed by atoms with E-state index in [1.165, 1.54) is 38.5 Å². The van der Waals surface area contributed by atoms with E-state index in [0.29, 0.717) is 16.9 Å². The van der Waals surface area contributed by atoms with E-state index in [4.69, 9.17) is 4.74 Å². The molecule has 2 aliphatic rings. The van der Waals surface area contributed by atoms with Crippen molar-refractivity contribution in [2.75, 3.05) is 12.4 Å². The largest absolute Gasteiger partial charge is 0.378 e. The normalized spacial score (nSPS) is 35.3. The van der Waals surface area contributed by atoms with Crippen LogP contribution in [0.5, 0.6) is 0 Å². The highest BCUT2D eigenvalue weighted by atomic mass is 32.1. The lowest BCUT2D eigenvalue weighted by atomic mass is 9.70. The minimum atomic E-state index is 0.425. The molecule has 2 saturated carbocycles. The lowest BCUT2D eigenvalue weighted by Crippen LogP contribution is -2.40. The summed E-state index contributed by atoms with van der Waals surface area (Å²) in [6.07, 6.45) is 8.35. The number of hydrogen-bond acceptors (Lipinski definition) is 2. The second kappa shape index (κ2) is 5.13. The van der Waals surface area contributed by atoms with Gasteiger partial charge in [-0.25, -0.2) is 0 Å². The van der Waals surface area contributed by atoms with Crippen LogP contribution in [0.4, 0.5) is 0 Å². The third-order valence-electron chi connectivity index (χ3n) is 4.72. The summed E-state index contributed by atoms with van der Waals surface area (Å²) in [5, 5.41) is 0. The summed E-state index contributed by atoms with van der Waals surface area (Å²) in [5.41, 5.74) is 0.893. The smallest absolute Gasteiger partial charge is 0.0583 e. The van der Waals surface area contributed by atoms with Crippen molar-refractivity contribution in [3.05, 3.63) is 0 Å². The highest BCUT2D eigenvalue weighted by molar-refractivity contribution is 7.80. The first-order valence-electron chi connectivity index (χ1n) is 7.17. The average Bonchev–Trinajstić information content (AvgIpc) is 2.13. The Morgan fingerprint density at radius 3 is 2.41 bits per heavy atom. The summed E-state index contributed by atoms with van der Waals surface area (Å²) in [4.78, 5) is 0. The molecule has 0 N–H and O–H groups in total. The van der Waals surface area contributed by atoms with Crippen LogP contribution in [0.3, 0.4) is 0 Å². The third-order valence-corrected chi connectivity index (χ3v) is 5.39. The van der Waals surface area contributed by atoms with Crippen LogP contribution in [0.1, 0.15) is 59.3 Å². The minimum Gasteiger partial charge on any atom is -0.378 e. The van der Waals surface area contributed by atoms with Gasteiger partial charge in [0.1, 0.15) is 0 Å². The van der Waals surface area contributed by atoms with Gasteiger partial charge in [-0.3, -0.25) is 0 Å². The highest BCUT2D eigenvalue weighted by Gasteiger charge is 2.38. The van der Waals surface area contributed by atoms with Gasteiger partial charge in [0, 0.05) is 5.41 Å². The Hall–Kier alpha value is 0.310. The van der Waals surface area contributed by atoms with Gasteiger partial charge < -0.3 is 4.74 Å². The molecule has 0 saturated heterocycles. The lowest BCUT2D eigenvalue weighted by Gasteiger charge is -2.44.